The Morgan fingerprint density at radius 3 is 3.05 bits per heavy atom. The van der Waals surface area contributed by atoms with Crippen LogP contribution in [0.1, 0.15) is 11.3 Å². The number of rotatable bonds is 4. The number of aromatic nitrogens is 2. The highest BCUT2D eigenvalue weighted by Gasteiger charge is 2.18. The predicted octanol–water partition coefficient (Wildman–Crippen LogP) is 1.99. The van der Waals surface area contributed by atoms with Crippen LogP contribution in [0.2, 0.25) is 0 Å². The molecule has 0 saturated carbocycles. The third-order valence-corrected chi connectivity index (χ3v) is 4.20. The number of hydrogen-bond acceptors (Lipinski definition) is 6. The molecule has 1 aliphatic rings. The molecule has 0 atom stereocenters. The molecule has 1 fully saturated rings. The number of nitrogens with zero attached hydrogens (tertiary/aromatic N) is 3. The van der Waals surface area contributed by atoms with Crippen molar-refractivity contribution < 1.29 is 9.53 Å². The summed E-state index contributed by atoms with van der Waals surface area (Å²) in [5.74, 6) is 0.870. The lowest BCUT2D eigenvalue weighted by atomic mass is 10.3. The maximum atomic E-state index is 12.2. The van der Waals surface area contributed by atoms with Crippen LogP contribution in [0, 0.1) is 6.92 Å². The summed E-state index contributed by atoms with van der Waals surface area (Å²) >= 11 is 1.48. The van der Waals surface area contributed by atoms with Crippen LogP contribution < -0.4 is 5.32 Å². The van der Waals surface area contributed by atoms with E-state index in [1.165, 1.54) is 11.3 Å². The van der Waals surface area contributed by atoms with Gasteiger partial charge in [0.2, 0.25) is 5.91 Å². The van der Waals surface area contributed by atoms with Gasteiger partial charge in [-0.2, -0.15) is 0 Å². The molecule has 0 radical (unpaired) electrons. The van der Waals surface area contributed by atoms with Crippen LogP contribution >= 0.6 is 11.3 Å². The van der Waals surface area contributed by atoms with Gasteiger partial charge in [-0.1, -0.05) is 0 Å². The van der Waals surface area contributed by atoms with Gasteiger partial charge in [-0.15, -0.1) is 11.3 Å². The van der Waals surface area contributed by atoms with E-state index < -0.39 is 0 Å². The fraction of sp³-hybridized carbons (Fsp3) is 0.400. The Balaban J connectivity index is 1.60. The zero-order valence-electron chi connectivity index (χ0n) is 12.4. The van der Waals surface area contributed by atoms with E-state index in [4.69, 9.17) is 4.74 Å². The number of morpholine rings is 1. The van der Waals surface area contributed by atoms with Crippen molar-refractivity contribution in [3.05, 3.63) is 35.0 Å². The zero-order valence-corrected chi connectivity index (χ0v) is 13.2. The van der Waals surface area contributed by atoms with Crippen molar-refractivity contribution in [2.45, 2.75) is 13.3 Å². The van der Waals surface area contributed by atoms with E-state index in [-0.39, 0.29) is 5.91 Å². The summed E-state index contributed by atoms with van der Waals surface area (Å²) < 4.78 is 5.26. The number of carbonyl (C=O) groups excluding carboxylic acids is 1. The quantitative estimate of drug-likeness (QED) is 0.934. The summed E-state index contributed by atoms with van der Waals surface area (Å²) in [7, 11) is 0. The smallest absolute Gasteiger partial charge is 0.228 e. The largest absolute Gasteiger partial charge is 0.378 e. The van der Waals surface area contributed by atoms with Gasteiger partial charge in [0, 0.05) is 24.7 Å². The van der Waals surface area contributed by atoms with Gasteiger partial charge >= 0.3 is 0 Å². The van der Waals surface area contributed by atoms with Gasteiger partial charge in [-0.25, -0.2) is 9.97 Å². The topological polar surface area (TPSA) is 67.4 Å². The Hall–Kier alpha value is -1.99. The number of hydrogen-bond donors (Lipinski definition) is 1. The lowest BCUT2D eigenvalue weighted by molar-refractivity contribution is -0.134. The van der Waals surface area contributed by atoms with Crippen molar-refractivity contribution in [2.24, 2.45) is 0 Å². The van der Waals surface area contributed by atoms with Crippen molar-refractivity contribution in [1.29, 1.82) is 0 Å². The number of amides is 1. The Labute approximate surface area is 133 Å². The molecule has 0 aromatic carbocycles. The molecule has 1 saturated heterocycles. The fourth-order valence-corrected chi connectivity index (χ4v) is 2.96. The molecule has 1 N–H and O–H groups in total. The van der Waals surface area contributed by atoms with Gasteiger partial charge in [-0.05, 0) is 24.6 Å². The molecule has 3 rings (SSSR count). The van der Waals surface area contributed by atoms with Gasteiger partial charge in [0.15, 0.2) is 5.13 Å². The number of ether oxygens (including phenoxy) is 1. The van der Waals surface area contributed by atoms with Crippen LogP contribution in [0.5, 0.6) is 0 Å². The van der Waals surface area contributed by atoms with E-state index in [9.17, 15) is 4.79 Å². The first-order valence-electron chi connectivity index (χ1n) is 7.20. The standard InChI is InChI=1S/C15H18N4O2S/c1-11-2-3-16-13(8-11)18-15-17-12(10-22-15)9-14(20)19-4-6-21-7-5-19/h2-3,8,10H,4-7,9H2,1H3,(H,16,17,18). The van der Waals surface area contributed by atoms with Gasteiger partial charge in [0.05, 0.1) is 25.3 Å². The van der Waals surface area contributed by atoms with E-state index in [2.05, 4.69) is 15.3 Å². The molecule has 0 bridgehead atoms. The molecular weight excluding hydrogens is 300 g/mol. The van der Waals surface area contributed by atoms with Crippen LogP contribution in [0.25, 0.3) is 0 Å². The summed E-state index contributed by atoms with van der Waals surface area (Å²) in [6.45, 7) is 4.59. The summed E-state index contributed by atoms with van der Waals surface area (Å²) in [6, 6.07) is 3.90. The van der Waals surface area contributed by atoms with Crippen LogP contribution in [0.3, 0.4) is 0 Å². The van der Waals surface area contributed by atoms with E-state index >= 15 is 0 Å². The van der Waals surface area contributed by atoms with Gasteiger partial charge in [0.1, 0.15) is 5.82 Å². The Kier molecular flexibility index (Phi) is 4.65. The first-order chi connectivity index (χ1) is 10.7. The predicted molar refractivity (Wildman–Crippen MR) is 85.5 cm³/mol. The van der Waals surface area contributed by atoms with Crippen molar-refractivity contribution >= 4 is 28.2 Å². The van der Waals surface area contributed by atoms with Crippen LogP contribution in [-0.2, 0) is 16.0 Å². The lowest BCUT2D eigenvalue weighted by Crippen LogP contribution is -2.41. The highest BCUT2D eigenvalue weighted by atomic mass is 32.1. The minimum atomic E-state index is 0.105. The first kappa shape index (κ1) is 14.9. The summed E-state index contributed by atoms with van der Waals surface area (Å²) in [6.07, 6.45) is 2.09. The monoisotopic (exact) mass is 318 g/mol. The molecule has 3 heterocycles. The number of nitrogens with one attached hydrogen (secondary N) is 1. The molecule has 1 amide bonds. The average Bonchev–Trinajstić information content (AvgIpc) is 2.95. The first-order valence-corrected chi connectivity index (χ1v) is 8.08. The fourth-order valence-electron chi connectivity index (χ4n) is 2.24. The van der Waals surface area contributed by atoms with Crippen LogP contribution in [0.15, 0.2) is 23.7 Å². The third kappa shape index (κ3) is 3.80. The van der Waals surface area contributed by atoms with Crippen LogP contribution in [-0.4, -0.2) is 47.1 Å². The second-order valence-electron chi connectivity index (χ2n) is 5.16. The van der Waals surface area contributed by atoms with Crippen molar-refractivity contribution in [3.63, 3.8) is 0 Å². The van der Waals surface area contributed by atoms with E-state index in [1.54, 1.807) is 6.20 Å². The van der Waals surface area contributed by atoms with E-state index in [1.807, 2.05) is 29.3 Å². The summed E-state index contributed by atoms with van der Waals surface area (Å²) in [5.41, 5.74) is 1.92. The maximum absolute atomic E-state index is 12.2. The van der Waals surface area contributed by atoms with Gasteiger partial charge < -0.3 is 15.0 Å². The molecule has 0 unspecified atom stereocenters. The minimum absolute atomic E-state index is 0.105. The molecule has 2 aromatic rings. The summed E-state index contributed by atoms with van der Waals surface area (Å²) in [4.78, 5) is 22.7. The molecule has 116 valence electrons. The molecule has 0 spiro atoms. The molecule has 1 aliphatic heterocycles. The molecule has 6 nitrogen and oxygen atoms in total. The van der Waals surface area contributed by atoms with Gasteiger partial charge in [0.25, 0.3) is 0 Å². The SMILES string of the molecule is Cc1ccnc(Nc2nc(CC(=O)N3CCOCC3)cs2)c1. The van der Waals surface area contributed by atoms with E-state index in [0.717, 1.165) is 22.2 Å². The Bertz CT molecular complexity index is 652. The van der Waals surface area contributed by atoms with Crippen molar-refractivity contribution in [3.8, 4) is 0 Å². The van der Waals surface area contributed by atoms with Crippen LogP contribution in [0.4, 0.5) is 10.9 Å². The number of pyridine rings is 1. The number of thiazole rings is 1. The normalized spacial score (nSPS) is 14.9. The minimum Gasteiger partial charge on any atom is -0.378 e. The van der Waals surface area contributed by atoms with Crippen molar-refractivity contribution in [1.82, 2.24) is 14.9 Å². The second kappa shape index (κ2) is 6.85. The lowest BCUT2D eigenvalue weighted by Gasteiger charge is -2.26. The van der Waals surface area contributed by atoms with Crippen molar-refractivity contribution in [2.75, 3.05) is 31.6 Å². The zero-order chi connectivity index (χ0) is 15.4. The average molecular weight is 318 g/mol. The number of carbonyl (C=O) groups is 1. The highest BCUT2D eigenvalue weighted by Crippen LogP contribution is 2.20. The number of anilines is 2. The Morgan fingerprint density at radius 1 is 1.45 bits per heavy atom. The van der Waals surface area contributed by atoms with Gasteiger partial charge in [-0.3, -0.25) is 4.79 Å². The second-order valence-corrected chi connectivity index (χ2v) is 6.02. The molecule has 22 heavy (non-hydrogen) atoms. The number of aryl methyl sites for hydroxylation is 1. The third-order valence-electron chi connectivity index (χ3n) is 3.40. The highest BCUT2D eigenvalue weighted by molar-refractivity contribution is 7.13. The molecular formula is C15H18N4O2S. The summed E-state index contributed by atoms with van der Waals surface area (Å²) in [5, 5.41) is 5.84. The molecule has 0 aliphatic carbocycles. The Morgan fingerprint density at radius 2 is 2.27 bits per heavy atom. The molecule has 2 aromatic heterocycles. The molecule has 7 heteroatoms. The van der Waals surface area contributed by atoms with E-state index in [0.29, 0.717) is 32.7 Å². The maximum Gasteiger partial charge on any atom is 0.228 e.